The van der Waals surface area contributed by atoms with Gasteiger partial charge in [-0.1, -0.05) is 6.92 Å². The highest BCUT2D eigenvalue weighted by Crippen LogP contribution is 2.33. The Kier molecular flexibility index (Phi) is 6.41. The van der Waals surface area contributed by atoms with Crippen molar-refractivity contribution in [3.63, 3.8) is 0 Å². The van der Waals surface area contributed by atoms with Crippen molar-refractivity contribution in [2.75, 3.05) is 20.1 Å². The fourth-order valence-corrected chi connectivity index (χ4v) is 3.33. The summed E-state index contributed by atoms with van der Waals surface area (Å²) >= 11 is 0. The zero-order chi connectivity index (χ0) is 17.7. The molecule has 1 aromatic rings. The summed E-state index contributed by atoms with van der Waals surface area (Å²) in [5.41, 5.74) is 0.459. The van der Waals surface area contributed by atoms with E-state index in [0.717, 1.165) is 30.7 Å². The molecule has 4 heteroatoms. The first-order chi connectivity index (χ1) is 11.3. The number of likely N-dealkylation sites (tertiary alicyclic amines) is 1. The van der Waals surface area contributed by atoms with Crippen LogP contribution in [0.25, 0.3) is 0 Å². The maximum Gasteiger partial charge on any atom is 0.119 e. The van der Waals surface area contributed by atoms with Crippen molar-refractivity contribution < 1.29 is 9.84 Å². The quantitative estimate of drug-likeness (QED) is 0.812. The Morgan fingerprint density at radius 2 is 2.00 bits per heavy atom. The van der Waals surface area contributed by atoms with E-state index in [9.17, 15) is 5.11 Å². The van der Waals surface area contributed by atoms with Crippen LogP contribution < -0.4 is 4.74 Å². The Labute approximate surface area is 146 Å². The predicted molar refractivity (Wildman–Crippen MR) is 100 cm³/mol. The molecule has 1 saturated heterocycles. The molecule has 2 rings (SSSR count). The van der Waals surface area contributed by atoms with Crippen molar-refractivity contribution in [3.05, 3.63) is 29.8 Å². The summed E-state index contributed by atoms with van der Waals surface area (Å²) in [5.74, 6) is 1.16. The van der Waals surface area contributed by atoms with Gasteiger partial charge in [-0.15, -0.1) is 0 Å². The first-order valence-electron chi connectivity index (χ1n) is 8.99. The molecule has 0 unspecified atom stereocenters. The van der Waals surface area contributed by atoms with Crippen LogP contribution in [0, 0.1) is 5.92 Å². The molecule has 0 aromatic heterocycles. The van der Waals surface area contributed by atoms with E-state index in [-0.39, 0.29) is 12.0 Å². The third-order valence-electron chi connectivity index (χ3n) is 5.05. The Morgan fingerprint density at radius 1 is 1.33 bits per heavy atom. The van der Waals surface area contributed by atoms with Gasteiger partial charge in [0.05, 0.1) is 11.7 Å². The first-order valence-corrected chi connectivity index (χ1v) is 8.99. The molecule has 0 saturated carbocycles. The third kappa shape index (κ3) is 5.05. The summed E-state index contributed by atoms with van der Waals surface area (Å²) in [6.07, 6.45) is 3.61. The molecule has 4 nitrogen and oxygen atoms in total. The molecule has 0 radical (unpaired) electrons. The van der Waals surface area contributed by atoms with Crippen LogP contribution >= 0.6 is 0 Å². The average molecular weight is 332 g/mol. The number of benzene rings is 1. The van der Waals surface area contributed by atoms with Gasteiger partial charge in [-0.3, -0.25) is 4.99 Å². The van der Waals surface area contributed by atoms with Gasteiger partial charge in [-0.05, 0) is 76.4 Å². The molecule has 1 aliphatic heterocycles. The zero-order valence-electron chi connectivity index (χ0n) is 15.7. The Hall–Kier alpha value is -1.39. The lowest BCUT2D eigenvalue weighted by Crippen LogP contribution is -2.53. The van der Waals surface area contributed by atoms with Crippen molar-refractivity contribution in [3.8, 4) is 5.75 Å². The lowest BCUT2D eigenvalue weighted by atomic mass is 9.77. The van der Waals surface area contributed by atoms with E-state index in [0.29, 0.717) is 12.6 Å². The van der Waals surface area contributed by atoms with Gasteiger partial charge >= 0.3 is 0 Å². The van der Waals surface area contributed by atoms with Crippen LogP contribution in [0.15, 0.2) is 29.3 Å². The fraction of sp³-hybridized carbons (Fsp3) is 0.650. The van der Waals surface area contributed by atoms with Crippen molar-refractivity contribution in [2.45, 2.75) is 58.3 Å². The molecule has 1 N–H and O–H groups in total. The van der Waals surface area contributed by atoms with Gasteiger partial charge in [-0.2, -0.15) is 0 Å². The van der Waals surface area contributed by atoms with Crippen LogP contribution in [0.2, 0.25) is 0 Å². The van der Waals surface area contributed by atoms with Gasteiger partial charge in [0.25, 0.3) is 0 Å². The molecule has 1 fully saturated rings. The number of aliphatic imine (C=N–C) groups is 1. The van der Waals surface area contributed by atoms with Gasteiger partial charge in [-0.25, -0.2) is 0 Å². The van der Waals surface area contributed by atoms with Crippen LogP contribution in [-0.2, 0) is 0 Å². The number of rotatable bonds is 6. The lowest BCUT2D eigenvalue weighted by Gasteiger charge is -2.45. The minimum absolute atomic E-state index is 0.184. The van der Waals surface area contributed by atoms with Crippen LogP contribution in [-0.4, -0.2) is 54.1 Å². The SMILES string of the molecule is CC(C)Oc1ccc(C=NCC[C@@]2(O)C[C@@H](C)N(C)C[C@H]2C)cc1. The second-order valence-electron chi connectivity index (χ2n) is 7.52. The van der Waals surface area contributed by atoms with Gasteiger partial charge in [0, 0.05) is 25.3 Å². The number of hydrogen-bond donors (Lipinski definition) is 1. The van der Waals surface area contributed by atoms with Crippen LogP contribution in [0.3, 0.4) is 0 Å². The lowest BCUT2D eigenvalue weighted by molar-refractivity contribution is -0.0818. The summed E-state index contributed by atoms with van der Waals surface area (Å²) in [4.78, 5) is 6.83. The van der Waals surface area contributed by atoms with Gasteiger partial charge < -0.3 is 14.7 Å². The summed E-state index contributed by atoms with van der Waals surface area (Å²) in [6.45, 7) is 9.95. The van der Waals surface area contributed by atoms with E-state index in [1.54, 1.807) is 0 Å². The summed E-state index contributed by atoms with van der Waals surface area (Å²) in [5, 5.41) is 10.9. The molecule has 3 atom stereocenters. The largest absolute Gasteiger partial charge is 0.491 e. The Bertz CT molecular complexity index is 541. The van der Waals surface area contributed by atoms with Crippen molar-refractivity contribution in [1.82, 2.24) is 4.90 Å². The zero-order valence-corrected chi connectivity index (χ0v) is 15.7. The molecular formula is C20H32N2O2. The highest BCUT2D eigenvalue weighted by molar-refractivity contribution is 5.79. The normalized spacial score (nSPS) is 28.6. The van der Waals surface area contributed by atoms with Crippen molar-refractivity contribution in [1.29, 1.82) is 0 Å². The summed E-state index contributed by atoms with van der Waals surface area (Å²) in [7, 11) is 2.13. The van der Waals surface area contributed by atoms with E-state index in [2.05, 4.69) is 30.8 Å². The van der Waals surface area contributed by atoms with E-state index in [4.69, 9.17) is 4.74 Å². The van der Waals surface area contributed by atoms with Crippen LogP contribution in [0.4, 0.5) is 0 Å². The monoisotopic (exact) mass is 332 g/mol. The molecule has 0 spiro atoms. The minimum Gasteiger partial charge on any atom is -0.491 e. The summed E-state index contributed by atoms with van der Waals surface area (Å²) in [6, 6.07) is 8.38. The second-order valence-corrected chi connectivity index (χ2v) is 7.52. The molecule has 1 aromatic carbocycles. The smallest absolute Gasteiger partial charge is 0.119 e. The molecule has 1 heterocycles. The number of nitrogens with zero attached hydrogens (tertiary/aromatic N) is 2. The third-order valence-corrected chi connectivity index (χ3v) is 5.05. The minimum atomic E-state index is -0.599. The van der Waals surface area contributed by atoms with E-state index in [1.807, 2.05) is 44.3 Å². The molecule has 0 amide bonds. The highest BCUT2D eigenvalue weighted by Gasteiger charge is 2.40. The van der Waals surface area contributed by atoms with E-state index >= 15 is 0 Å². The number of hydrogen-bond acceptors (Lipinski definition) is 4. The molecular weight excluding hydrogens is 300 g/mol. The number of aliphatic hydroxyl groups is 1. The molecule has 0 bridgehead atoms. The predicted octanol–water partition coefficient (Wildman–Crippen LogP) is 3.37. The Morgan fingerprint density at radius 3 is 2.62 bits per heavy atom. The van der Waals surface area contributed by atoms with Crippen molar-refractivity contribution in [2.24, 2.45) is 10.9 Å². The number of piperidine rings is 1. The molecule has 1 aliphatic rings. The maximum atomic E-state index is 10.9. The van der Waals surface area contributed by atoms with Gasteiger partial charge in [0.2, 0.25) is 0 Å². The molecule has 134 valence electrons. The second kappa shape index (κ2) is 8.13. The Balaban J connectivity index is 1.85. The fourth-order valence-electron chi connectivity index (χ4n) is 3.33. The van der Waals surface area contributed by atoms with Gasteiger partial charge in [0.15, 0.2) is 0 Å². The van der Waals surface area contributed by atoms with Crippen LogP contribution in [0.5, 0.6) is 5.75 Å². The van der Waals surface area contributed by atoms with Crippen molar-refractivity contribution >= 4 is 6.21 Å². The van der Waals surface area contributed by atoms with Gasteiger partial charge in [0.1, 0.15) is 5.75 Å². The molecule has 24 heavy (non-hydrogen) atoms. The van der Waals surface area contributed by atoms with E-state index in [1.165, 1.54) is 0 Å². The standard InChI is InChI=1S/C20H32N2O2/c1-15(2)24-19-8-6-18(7-9-19)13-21-11-10-20(23)12-17(4)22(5)14-16(20)3/h6-9,13,15-17,23H,10-12,14H2,1-5H3/t16-,17-,20-/m1/s1. The van der Waals surface area contributed by atoms with Crippen LogP contribution in [0.1, 0.15) is 46.1 Å². The first kappa shape index (κ1) is 18.9. The van der Waals surface area contributed by atoms with E-state index < -0.39 is 5.60 Å². The maximum absolute atomic E-state index is 10.9. The highest BCUT2D eigenvalue weighted by atomic mass is 16.5. The average Bonchev–Trinajstić information content (AvgIpc) is 2.51. The summed E-state index contributed by atoms with van der Waals surface area (Å²) < 4.78 is 5.64. The number of ether oxygens (including phenoxy) is 1. The molecule has 0 aliphatic carbocycles. The topological polar surface area (TPSA) is 45.1 Å².